The molecule has 2 aliphatic heterocycles. The van der Waals surface area contributed by atoms with E-state index in [0.29, 0.717) is 42.0 Å². The first-order chi connectivity index (χ1) is 14.6. The predicted molar refractivity (Wildman–Crippen MR) is 110 cm³/mol. The van der Waals surface area contributed by atoms with E-state index in [0.717, 1.165) is 30.9 Å². The van der Waals surface area contributed by atoms with E-state index in [4.69, 9.17) is 4.74 Å². The number of carbonyl (C=O) groups is 1. The Hall–Kier alpha value is -3.26. The Morgan fingerprint density at radius 1 is 1.23 bits per heavy atom. The van der Waals surface area contributed by atoms with Gasteiger partial charge in [0.1, 0.15) is 11.5 Å². The van der Waals surface area contributed by atoms with Crippen LogP contribution in [0, 0.1) is 5.92 Å². The third-order valence-corrected chi connectivity index (χ3v) is 6.02. The number of pyridine rings is 2. The number of carbonyl (C=O) groups excluding carboxylic acids is 1. The summed E-state index contributed by atoms with van der Waals surface area (Å²) in [5.41, 5.74) is 2.91. The SMILES string of the molecule is COC(=O)c1cccc(CN2C[C@@H]3C[C@H](C2)c2ccc(-c4ncc[nH]4)c(=O)n2C3)n1. The number of esters is 1. The molecular weight excluding hydrogens is 382 g/mol. The fourth-order valence-electron chi connectivity index (χ4n) is 4.78. The molecule has 1 saturated heterocycles. The molecule has 0 unspecified atom stereocenters. The van der Waals surface area contributed by atoms with E-state index in [9.17, 15) is 9.59 Å². The molecule has 3 aromatic heterocycles. The highest BCUT2D eigenvalue weighted by atomic mass is 16.5. The molecule has 2 aliphatic rings. The predicted octanol–water partition coefficient (Wildman–Crippen LogP) is 2.04. The molecule has 0 radical (unpaired) electrons. The zero-order valence-corrected chi connectivity index (χ0v) is 16.7. The van der Waals surface area contributed by atoms with Crippen LogP contribution in [0.25, 0.3) is 11.4 Å². The van der Waals surface area contributed by atoms with Crippen LogP contribution in [0.15, 0.2) is 47.5 Å². The lowest BCUT2D eigenvalue weighted by atomic mass is 9.83. The summed E-state index contributed by atoms with van der Waals surface area (Å²) in [4.78, 5) is 38.9. The summed E-state index contributed by atoms with van der Waals surface area (Å²) in [5, 5.41) is 0. The molecule has 1 fully saturated rings. The zero-order chi connectivity index (χ0) is 20.7. The van der Waals surface area contributed by atoms with Crippen molar-refractivity contribution < 1.29 is 9.53 Å². The van der Waals surface area contributed by atoms with Crippen LogP contribution in [0.5, 0.6) is 0 Å². The first-order valence-electron chi connectivity index (χ1n) is 10.1. The Morgan fingerprint density at radius 3 is 2.93 bits per heavy atom. The number of nitrogens with one attached hydrogen (secondary N) is 1. The van der Waals surface area contributed by atoms with E-state index in [-0.39, 0.29) is 5.56 Å². The van der Waals surface area contributed by atoms with Gasteiger partial charge >= 0.3 is 5.97 Å². The largest absolute Gasteiger partial charge is 0.464 e. The number of aromatic nitrogens is 4. The summed E-state index contributed by atoms with van der Waals surface area (Å²) >= 11 is 0. The fraction of sp³-hybridized carbons (Fsp3) is 0.364. The van der Waals surface area contributed by atoms with Gasteiger partial charge in [-0.15, -0.1) is 0 Å². The third-order valence-electron chi connectivity index (χ3n) is 6.02. The van der Waals surface area contributed by atoms with E-state index < -0.39 is 5.97 Å². The number of nitrogens with zero attached hydrogens (tertiary/aromatic N) is 4. The minimum Gasteiger partial charge on any atom is -0.464 e. The maximum absolute atomic E-state index is 13.1. The number of H-pyrrole nitrogens is 1. The Kier molecular flexibility index (Phi) is 4.71. The Bertz CT molecular complexity index is 1140. The topological polar surface area (TPSA) is 93.1 Å². The highest BCUT2D eigenvalue weighted by Gasteiger charge is 2.35. The van der Waals surface area contributed by atoms with E-state index >= 15 is 0 Å². The second kappa shape index (κ2) is 7.53. The van der Waals surface area contributed by atoms with Crippen molar-refractivity contribution in [1.82, 2.24) is 24.4 Å². The highest BCUT2D eigenvalue weighted by Crippen LogP contribution is 2.36. The summed E-state index contributed by atoms with van der Waals surface area (Å²) in [7, 11) is 1.36. The van der Waals surface area contributed by atoms with Gasteiger partial charge in [-0.3, -0.25) is 9.69 Å². The highest BCUT2D eigenvalue weighted by molar-refractivity contribution is 5.87. The molecule has 8 heteroatoms. The van der Waals surface area contributed by atoms with Gasteiger partial charge in [-0.25, -0.2) is 14.8 Å². The molecule has 8 nitrogen and oxygen atoms in total. The molecule has 5 rings (SSSR count). The van der Waals surface area contributed by atoms with Gasteiger partial charge in [0.15, 0.2) is 0 Å². The Labute approximate surface area is 173 Å². The maximum atomic E-state index is 13.1. The van der Waals surface area contributed by atoms with E-state index in [1.54, 1.807) is 18.5 Å². The molecule has 0 spiro atoms. The second-order valence-corrected chi connectivity index (χ2v) is 8.02. The van der Waals surface area contributed by atoms with Gasteiger partial charge in [-0.05, 0) is 36.6 Å². The number of ether oxygens (including phenoxy) is 1. The number of likely N-dealkylation sites (tertiary alicyclic amines) is 1. The molecule has 0 saturated carbocycles. The number of piperidine rings is 1. The first-order valence-corrected chi connectivity index (χ1v) is 10.1. The minimum absolute atomic E-state index is 0.0260. The molecule has 2 bridgehead atoms. The monoisotopic (exact) mass is 405 g/mol. The lowest BCUT2D eigenvalue weighted by Crippen LogP contribution is -2.47. The van der Waals surface area contributed by atoms with Crippen molar-refractivity contribution in [2.24, 2.45) is 5.92 Å². The molecule has 154 valence electrons. The van der Waals surface area contributed by atoms with E-state index in [2.05, 4.69) is 25.9 Å². The molecule has 1 N–H and O–H groups in total. The van der Waals surface area contributed by atoms with Crippen LogP contribution in [0.2, 0.25) is 0 Å². The van der Waals surface area contributed by atoms with Crippen molar-refractivity contribution in [2.75, 3.05) is 20.2 Å². The average Bonchev–Trinajstić information content (AvgIpc) is 3.29. The summed E-state index contributed by atoms with van der Waals surface area (Å²) in [6, 6.07) is 9.39. The number of hydrogen-bond donors (Lipinski definition) is 1. The standard InChI is InChI=1S/C22H23N5O3/c1-30-22(29)18-4-2-3-16(25-18)13-26-10-14-9-15(12-26)19-6-5-17(20-23-7-8-24-20)21(28)27(19)11-14/h2-8,14-15H,9-13H2,1H3,(H,23,24)/t14-,15+/m0/s1. The van der Waals surface area contributed by atoms with Crippen molar-refractivity contribution in [3.8, 4) is 11.4 Å². The fourth-order valence-corrected chi connectivity index (χ4v) is 4.78. The molecule has 0 amide bonds. The van der Waals surface area contributed by atoms with Gasteiger partial charge in [-0.1, -0.05) is 6.07 Å². The third kappa shape index (κ3) is 3.33. The van der Waals surface area contributed by atoms with Gasteiger partial charge in [0.05, 0.1) is 18.4 Å². The Morgan fingerprint density at radius 2 is 2.13 bits per heavy atom. The number of methoxy groups -OCH3 is 1. The van der Waals surface area contributed by atoms with Crippen LogP contribution >= 0.6 is 0 Å². The average molecular weight is 405 g/mol. The van der Waals surface area contributed by atoms with Crippen LogP contribution in [-0.4, -0.2) is 50.6 Å². The van der Waals surface area contributed by atoms with Crippen LogP contribution < -0.4 is 5.56 Å². The van der Waals surface area contributed by atoms with Crippen LogP contribution in [0.4, 0.5) is 0 Å². The molecule has 0 aromatic carbocycles. The van der Waals surface area contributed by atoms with Crippen molar-refractivity contribution in [1.29, 1.82) is 0 Å². The normalized spacial score (nSPS) is 20.6. The smallest absolute Gasteiger partial charge is 0.356 e. The number of imidazole rings is 1. The lowest BCUT2D eigenvalue weighted by Gasteiger charge is -2.42. The van der Waals surface area contributed by atoms with Gasteiger partial charge in [0, 0.05) is 50.2 Å². The maximum Gasteiger partial charge on any atom is 0.356 e. The van der Waals surface area contributed by atoms with Gasteiger partial charge < -0.3 is 14.3 Å². The van der Waals surface area contributed by atoms with Crippen molar-refractivity contribution in [3.63, 3.8) is 0 Å². The van der Waals surface area contributed by atoms with E-state index in [1.807, 2.05) is 22.8 Å². The summed E-state index contributed by atoms with van der Waals surface area (Å²) in [5.74, 6) is 0.904. The quantitative estimate of drug-likeness (QED) is 0.668. The van der Waals surface area contributed by atoms with Crippen molar-refractivity contribution in [2.45, 2.75) is 25.4 Å². The summed E-state index contributed by atoms with van der Waals surface area (Å²) in [6.07, 6.45) is 4.48. The van der Waals surface area contributed by atoms with Gasteiger partial charge in [0.2, 0.25) is 0 Å². The van der Waals surface area contributed by atoms with Crippen molar-refractivity contribution >= 4 is 5.97 Å². The van der Waals surface area contributed by atoms with Gasteiger partial charge in [-0.2, -0.15) is 0 Å². The van der Waals surface area contributed by atoms with E-state index in [1.165, 1.54) is 7.11 Å². The summed E-state index contributed by atoms with van der Waals surface area (Å²) < 4.78 is 6.71. The Balaban J connectivity index is 1.38. The lowest BCUT2D eigenvalue weighted by molar-refractivity contribution is 0.0593. The van der Waals surface area contributed by atoms with Crippen LogP contribution in [-0.2, 0) is 17.8 Å². The van der Waals surface area contributed by atoms with Crippen LogP contribution in [0.3, 0.4) is 0 Å². The number of aromatic amines is 1. The van der Waals surface area contributed by atoms with Gasteiger partial charge in [0.25, 0.3) is 5.56 Å². The first kappa shape index (κ1) is 18.7. The number of rotatable bonds is 4. The van der Waals surface area contributed by atoms with Crippen LogP contribution in [0.1, 0.15) is 34.2 Å². The zero-order valence-electron chi connectivity index (χ0n) is 16.7. The van der Waals surface area contributed by atoms with Crippen molar-refractivity contribution in [3.05, 3.63) is 70.2 Å². The molecule has 5 heterocycles. The minimum atomic E-state index is -0.423. The molecule has 2 atom stereocenters. The number of hydrogen-bond acceptors (Lipinski definition) is 6. The molecule has 3 aromatic rings. The molecular formula is C22H23N5O3. The second-order valence-electron chi connectivity index (χ2n) is 8.02. The molecule has 0 aliphatic carbocycles. The number of fused-ring (bicyclic) bond motifs is 4. The molecule has 30 heavy (non-hydrogen) atoms. The summed E-state index contributed by atoms with van der Waals surface area (Å²) in [6.45, 7) is 3.15.